The molecular formula is C35H58O2. The molecule has 210 valence electrons. The lowest BCUT2D eigenvalue weighted by molar-refractivity contribution is -0.153. The van der Waals surface area contributed by atoms with E-state index in [1.54, 1.807) is 0 Å². The van der Waals surface area contributed by atoms with E-state index in [4.69, 9.17) is 4.74 Å². The highest BCUT2D eigenvalue weighted by Crippen LogP contribution is 2.16. The Balaban J connectivity index is 4.18. The molecule has 0 N–H and O–H groups in total. The van der Waals surface area contributed by atoms with Crippen molar-refractivity contribution in [3.05, 3.63) is 69.9 Å². The third-order valence-electron chi connectivity index (χ3n) is 6.18. The van der Waals surface area contributed by atoms with Crippen molar-refractivity contribution in [3.8, 4) is 0 Å². The zero-order valence-electron chi connectivity index (χ0n) is 26.1. The van der Waals surface area contributed by atoms with Crippen molar-refractivity contribution < 1.29 is 9.53 Å². The van der Waals surface area contributed by atoms with Crippen LogP contribution in [0.1, 0.15) is 140 Å². The molecule has 0 atom stereocenters. The van der Waals surface area contributed by atoms with E-state index in [0.29, 0.717) is 6.42 Å². The molecule has 0 aromatic rings. The van der Waals surface area contributed by atoms with E-state index in [2.05, 4.69) is 78.0 Å². The largest absolute Gasteiger partial charge is 0.460 e. The molecule has 0 amide bonds. The lowest BCUT2D eigenvalue weighted by Gasteiger charge is -2.19. The van der Waals surface area contributed by atoms with Crippen LogP contribution in [-0.4, -0.2) is 11.6 Å². The molecule has 2 heteroatoms. The summed E-state index contributed by atoms with van der Waals surface area (Å²) in [5, 5.41) is 0. The minimum absolute atomic E-state index is 0.144. The lowest BCUT2D eigenvalue weighted by atomic mass is 10.0. The van der Waals surface area contributed by atoms with Crippen LogP contribution in [0.4, 0.5) is 0 Å². The summed E-state index contributed by atoms with van der Waals surface area (Å²) in [6, 6.07) is 0. The number of allylic oxidation sites excluding steroid dienone is 11. The zero-order chi connectivity index (χ0) is 28.3. The second-order valence-electron chi connectivity index (χ2n) is 12.0. The molecule has 0 aromatic heterocycles. The van der Waals surface area contributed by atoms with Crippen molar-refractivity contribution in [2.45, 2.75) is 145 Å². The molecular weight excluding hydrogens is 452 g/mol. The lowest BCUT2D eigenvalue weighted by Crippen LogP contribution is -2.23. The second-order valence-corrected chi connectivity index (χ2v) is 12.0. The second kappa shape index (κ2) is 19.9. The summed E-state index contributed by atoms with van der Waals surface area (Å²) in [6.07, 6.45) is 25.7. The number of hydrogen-bond acceptors (Lipinski definition) is 2. The van der Waals surface area contributed by atoms with Gasteiger partial charge in [-0.1, -0.05) is 69.9 Å². The predicted octanol–water partition coefficient (Wildman–Crippen LogP) is 11.3. The van der Waals surface area contributed by atoms with Gasteiger partial charge in [-0.15, -0.1) is 0 Å². The van der Waals surface area contributed by atoms with Gasteiger partial charge in [0, 0.05) is 0 Å². The summed E-state index contributed by atoms with van der Waals surface area (Å²) in [5.41, 5.74) is 8.02. The first kappa shape index (κ1) is 34.9. The van der Waals surface area contributed by atoms with E-state index in [0.717, 1.165) is 56.9 Å². The first-order valence-corrected chi connectivity index (χ1v) is 14.4. The Hall–Kier alpha value is -2.09. The van der Waals surface area contributed by atoms with Crippen molar-refractivity contribution >= 4 is 5.97 Å². The molecule has 0 bridgehead atoms. The molecule has 0 spiro atoms. The fourth-order valence-electron chi connectivity index (χ4n) is 3.97. The molecule has 0 saturated carbocycles. The van der Waals surface area contributed by atoms with E-state index in [1.807, 2.05) is 27.7 Å². The Labute approximate surface area is 230 Å². The van der Waals surface area contributed by atoms with Gasteiger partial charge in [0.1, 0.15) is 5.60 Å². The van der Waals surface area contributed by atoms with Gasteiger partial charge >= 0.3 is 5.97 Å². The Kier molecular flexibility index (Phi) is 18.8. The van der Waals surface area contributed by atoms with Crippen LogP contribution in [0.5, 0.6) is 0 Å². The number of carbonyl (C=O) groups is 1. The molecule has 0 saturated heterocycles. The van der Waals surface area contributed by atoms with Gasteiger partial charge in [0.05, 0.1) is 6.42 Å². The van der Waals surface area contributed by atoms with Crippen molar-refractivity contribution in [2.75, 3.05) is 0 Å². The topological polar surface area (TPSA) is 26.3 Å². The van der Waals surface area contributed by atoms with Crippen LogP contribution in [0.2, 0.25) is 0 Å². The summed E-state index contributed by atoms with van der Waals surface area (Å²) in [5.74, 6) is -0.144. The molecule has 0 aliphatic rings. The van der Waals surface area contributed by atoms with Gasteiger partial charge in [0.15, 0.2) is 0 Å². The Morgan fingerprint density at radius 2 is 0.838 bits per heavy atom. The van der Waals surface area contributed by atoms with Crippen LogP contribution < -0.4 is 0 Å². The maximum atomic E-state index is 11.9. The third-order valence-corrected chi connectivity index (χ3v) is 6.18. The quantitative estimate of drug-likeness (QED) is 0.110. The fraction of sp³-hybridized carbons (Fsp3) is 0.629. The summed E-state index contributed by atoms with van der Waals surface area (Å²) in [7, 11) is 0. The SMILES string of the molecule is CC(C)=CCC/C(C)=C/CC/C(C)=C/CC/C=C(\C)CC/C=C(\C)CCC=C(C)CC(=O)OC(C)(C)C. The molecule has 0 unspecified atom stereocenters. The van der Waals surface area contributed by atoms with E-state index >= 15 is 0 Å². The number of hydrogen-bond donors (Lipinski definition) is 0. The first-order chi connectivity index (χ1) is 17.3. The molecule has 0 fully saturated rings. The number of esters is 1. The fourth-order valence-corrected chi connectivity index (χ4v) is 3.97. The number of carbonyl (C=O) groups excluding carboxylic acids is 1. The van der Waals surface area contributed by atoms with Gasteiger partial charge in [-0.25, -0.2) is 0 Å². The number of unbranched alkanes of at least 4 members (excludes halogenated alkanes) is 1. The minimum atomic E-state index is -0.416. The summed E-state index contributed by atoms with van der Waals surface area (Å²) >= 11 is 0. The maximum absolute atomic E-state index is 11.9. The van der Waals surface area contributed by atoms with Gasteiger partial charge in [-0.05, 0) is 133 Å². The van der Waals surface area contributed by atoms with E-state index in [-0.39, 0.29) is 5.97 Å². The average Bonchev–Trinajstić information content (AvgIpc) is 2.75. The molecule has 37 heavy (non-hydrogen) atoms. The molecule has 2 nitrogen and oxygen atoms in total. The predicted molar refractivity (Wildman–Crippen MR) is 165 cm³/mol. The smallest absolute Gasteiger partial charge is 0.310 e. The maximum Gasteiger partial charge on any atom is 0.310 e. The summed E-state index contributed by atoms with van der Waals surface area (Å²) in [6.45, 7) is 21.1. The van der Waals surface area contributed by atoms with Crippen LogP contribution in [0.3, 0.4) is 0 Å². The monoisotopic (exact) mass is 510 g/mol. The van der Waals surface area contributed by atoms with Gasteiger partial charge in [-0.2, -0.15) is 0 Å². The van der Waals surface area contributed by atoms with Crippen LogP contribution in [0.25, 0.3) is 0 Å². The highest BCUT2D eigenvalue weighted by atomic mass is 16.6. The van der Waals surface area contributed by atoms with Crippen LogP contribution >= 0.6 is 0 Å². The Morgan fingerprint density at radius 3 is 1.19 bits per heavy atom. The highest BCUT2D eigenvalue weighted by molar-refractivity contribution is 5.72. The molecule has 0 radical (unpaired) electrons. The minimum Gasteiger partial charge on any atom is -0.460 e. The Bertz CT molecular complexity index is 846. The average molecular weight is 511 g/mol. The van der Waals surface area contributed by atoms with Gasteiger partial charge in [0.25, 0.3) is 0 Å². The Morgan fingerprint density at radius 1 is 0.514 bits per heavy atom. The first-order valence-electron chi connectivity index (χ1n) is 14.4. The normalized spacial score (nSPS) is 14.2. The molecule has 0 heterocycles. The van der Waals surface area contributed by atoms with E-state index in [9.17, 15) is 4.79 Å². The van der Waals surface area contributed by atoms with E-state index in [1.165, 1.54) is 40.7 Å². The zero-order valence-corrected chi connectivity index (χ0v) is 26.1. The molecule has 0 aliphatic carbocycles. The van der Waals surface area contributed by atoms with Gasteiger partial charge < -0.3 is 4.74 Å². The van der Waals surface area contributed by atoms with E-state index < -0.39 is 5.60 Å². The number of ether oxygens (including phenoxy) is 1. The molecule has 0 aromatic carbocycles. The molecule has 0 aliphatic heterocycles. The summed E-state index contributed by atoms with van der Waals surface area (Å²) in [4.78, 5) is 11.9. The van der Waals surface area contributed by atoms with Gasteiger partial charge in [0.2, 0.25) is 0 Å². The van der Waals surface area contributed by atoms with Crippen LogP contribution in [0, 0.1) is 0 Å². The summed E-state index contributed by atoms with van der Waals surface area (Å²) < 4.78 is 5.39. The highest BCUT2D eigenvalue weighted by Gasteiger charge is 2.16. The van der Waals surface area contributed by atoms with Gasteiger partial charge in [-0.3, -0.25) is 4.79 Å². The third kappa shape index (κ3) is 24.0. The van der Waals surface area contributed by atoms with Crippen molar-refractivity contribution in [1.82, 2.24) is 0 Å². The number of rotatable bonds is 17. The standard InChI is InChI=1S/C35H58O2/c1-28(2)17-13-20-31(5)23-14-21-29(3)18-11-12-19-30(4)22-15-24-32(6)25-16-26-33(7)27-34(36)37-35(8,9)10/h17-19,23-24,26H,11-16,20-22,25,27H2,1-10H3/b29-18+,30-19+,31-23+,32-24+,33-26?. The molecule has 0 rings (SSSR count). The van der Waals surface area contributed by atoms with Crippen LogP contribution in [0.15, 0.2) is 69.9 Å². The van der Waals surface area contributed by atoms with Crippen molar-refractivity contribution in [3.63, 3.8) is 0 Å². The van der Waals surface area contributed by atoms with Crippen LogP contribution in [-0.2, 0) is 9.53 Å². The van der Waals surface area contributed by atoms with Crippen molar-refractivity contribution in [2.24, 2.45) is 0 Å². The van der Waals surface area contributed by atoms with Crippen molar-refractivity contribution in [1.29, 1.82) is 0 Å².